The van der Waals surface area contributed by atoms with Crippen LogP contribution in [0.15, 0.2) is 49.1 Å². The monoisotopic (exact) mass is 467 g/mol. The molecule has 1 heterocycles. The number of aromatic nitrogens is 2. The van der Waals surface area contributed by atoms with Crippen LogP contribution in [-0.2, 0) is 18.4 Å². The number of amides is 1. The van der Waals surface area contributed by atoms with Crippen molar-refractivity contribution in [1.29, 1.82) is 0 Å². The Kier molecular flexibility index (Phi) is 6.75. The number of hydrogen-bond acceptors (Lipinski definition) is 5. The minimum Gasteiger partial charge on any atom is -0.406 e. The molecule has 3 aromatic rings. The van der Waals surface area contributed by atoms with Crippen LogP contribution >= 0.6 is 0 Å². The van der Waals surface area contributed by atoms with Gasteiger partial charge in [-0.1, -0.05) is 18.7 Å². The molecule has 33 heavy (non-hydrogen) atoms. The maximum absolute atomic E-state index is 13.4. The Morgan fingerprint density at radius 3 is 2.48 bits per heavy atom. The highest BCUT2D eigenvalue weighted by Gasteiger charge is 2.31. The average molecular weight is 467 g/mol. The Balaban J connectivity index is 2.18. The molecule has 176 valence electrons. The van der Waals surface area contributed by atoms with Gasteiger partial charge in [0.15, 0.2) is 5.83 Å². The number of hydrogen-bond donors (Lipinski definition) is 2. The molecule has 0 saturated heterocycles. The second kappa shape index (κ2) is 9.20. The predicted molar refractivity (Wildman–Crippen MR) is 112 cm³/mol. The number of fused-ring (bicyclic) bond motifs is 1. The molecule has 3 rings (SSSR count). The van der Waals surface area contributed by atoms with Gasteiger partial charge in [-0.05, 0) is 29.3 Å². The van der Waals surface area contributed by atoms with E-state index in [4.69, 9.17) is 0 Å². The number of alkyl halides is 3. The second-order valence-electron chi connectivity index (χ2n) is 7.39. The first-order valence-electron chi connectivity index (χ1n) is 9.64. The maximum atomic E-state index is 13.4. The number of aliphatic hydroxyl groups is 2. The first-order valence-corrected chi connectivity index (χ1v) is 9.64. The Morgan fingerprint density at radius 2 is 1.94 bits per heavy atom. The Labute approximate surface area is 186 Å². The van der Waals surface area contributed by atoms with Crippen molar-refractivity contribution >= 4 is 16.9 Å². The molecular weight excluding hydrogens is 446 g/mol. The minimum atomic E-state index is -4.83. The van der Waals surface area contributed by atoms with Gasteiger partial charge in [0.25, 0.3) is 5.91 Å². The largest absolute Gasteiger partial charge is 0.573 e. The van der Waals surface area contributed by atoms with Crippen molar-refractivity contribution in [2.75, 3.05) is 13.7 Å². The van der Waals surface area contributed by atoms with E-state index in [1.165, 1.54) is 25.5 Å². The summed E-state index contributed by atoms with van der Waals surface area (Å²) in [7, 11) is 3.01. The van der Waals surface area contributed by atoms with Crippen LogP contribution < -0.4 is 4.74 Å². The third-order valence-electron chi connectivity index (χ3n) is 5.00. The average Bonchev–Trinajstić information content (AvgIpc) is 3.13. The molecule has 7 nitrogen and oxygen atoms in total. The van der Waals surface area contributed by atoms with Crippen LogP contribution in [0, 0.1) is 0 Å². The van der Waals surface area contributed by atoms with Crippen LogP contribution in [-0.4, -0.2) is 50.6 Å². The lowest BCUT2D eigenvalue weighted by Crippen LogP contribution is -2.27. The van der Waals surface area contributed by atoms with Crippen molar-refractivity contribution in [3.63, 3.8) is 0 Å². The summed E-state index contributed by atoms with van der Waals surface area (Å²) in [5, 5.41) is 20.1. The van der Waals surface area contributed by atoms with Crippen molar-refractivity contribution < 1.29 is 37.3 Å². The van der Waals surface area contributed by atoms with Gasteiger partial charge < -0.3 is 24.4 Å². The summed E-state index contributed by atoms with van der Waals surface area (Å²) in [5.41, 5.74) is 2.51. The molecule has 0 aliphatic rings. The number of likely N-dealkylation sites (N-methyl/N-ethyl adjacent to an activating group) is 1. The van der Waals surface area contributed by atoms with Crippen LogP contribution in [0.1, 0.15) is 17.2 Å². The fourth-order valence-electron chi connectivity index (χ4n) is 3.60. The van der Waals surface area contributed by atoms with Crippen LogP contribution in [0.3, 0.4) is 0 Å². The van der Waals surface area contributed by atoms with E-state index in [0.29, 0.717) is 27.7 Å². The van der Waals surface area contributed by atoms with Gasteiger partial charge in [-0.3, -0.25) is 4.79 Å². The van der Waals surface area contributed by atoms with Crippen LogP contribution in [0.25, 0.3) is 22.2 Å². The number of ether oxygens (including phenoxy) is 1. The van der Waals surface area contributed by atoms with Crippen molar-refractivity contribution in [2.45, 2.75) is 19.0 Å². The van der Waals surface area contributed by atoms with Gasteiger partial charge in [-0.2, -0.15) is 0 Å². The van der Waals surface area contributed by atoms with E-state index in [-0.39, 0.29) is 12.1 Å². The normalized spacial score (nSPS) is 12.6. The lowest BCUT2D eigenvalue weighted by atomic mass is 9.93. The highest BCUT2D eigenvalue weighted by Crippen LogP contribution is 2.37. The van der Waals surface area contributed by atoms with E-state index in [1.54, 1.807) is 17.7 Å². The zero-order valence-electron chi connectivity index (χ0n) is 17.7. The zero-order valence-corrected chi connectivity index (χ0v) is 17.7. The van der Waals surface area contributed by atoms with Crippen molar-refractivity contribution in [3.05, 3.63) is 60.2 Å². The van der Waals surface area contributed by atoms with Gasteiger partial charge in [0.1, 0.15) is 11.9 Å². The number of rotatable bonds is 7. The van der Waals surface area contributed by atoms with E-state index in [9.17, 15) is 32.6 Å². The standard InChI is InChI=1S/C22H21F4N3O4/c1-12(23)21(32)28(2)9-14-8-16(13-4-6-15(7-5-13)33-22(24,25)26)19-20(29(3)11-27-19)18(14)17(31)10-30/h4-8,11,17,30-31H,1,9-10H2,2-3H3. The summed E-state index contributed by atoms with van der Waals surface area (Å²) in [6, 6.07) is 6.71. The maximum Gasteiger partial charge on any atom is 0.573 e. The van der Waals surface area contributed by atoms with Crippen LogP contribution in [0.5, 0.6) is 5.75 Å². The summed E-state index contributed by atoms with van der Waals surface area (Å²) >= 11 is 0. The summed E-state index contributed by atoms with van der Waals surface area (Å²) in [5.74, 6) is -2.52. The van der Waals surface area contributed by atoms with Crippen molar-refractivity contribution in [2.24, 2.45) is 7.05 Å². The zero-order chi connectivity index (χ0) is 24.5. The lowest BCUT2D eigenvalue weighted by Gasteiger charge is -2.22. The van der Waals surface area contributed by atoms with E-state index in [1.807, 2.05) is 0 Å². The smallest absolute Gasteiger partial charge is 0.406 e. The highest BCUT2D eigenvalue weighted by atomic mass is 19.4. The molecule has 1 amide bonds. The third kappa shape index (κ3) is 5.15. The molecule has 0 aliphatic heterocycles. The SMILES string of the molecule is C=C(F)C(=O)N(C)Cc1cc(-c2ccc(OC(F)(F)F)cc2)c2ncn(C)c2c1C(O)CO. The third-order valence-corrected chi connectivity index (χ3v) is 5.00. The summed E-state index contributed by atoms with van der Waals surface area (Å²) in [4.78, 5) is 17.4. The number of carbonyl (C=O) groups is 1. The van der Waals surface area contributed by atoms with Gasteiger partial charge in [0, 0.05) is 31.8 Å². The summed E-state index contributed by atoms with van der Waals surface area (Å²) in [6.45, 7) is 2.23. The quantitative estimate of drug-likeness (QED) is 0.410. The van der Waals surface area contributed by atoms with Gasteiger partial charge in [-0.15, -0.1) is 13.2 Å². The molecule has 1 atom stereocenters. The van der Waals surface area contributed by atoms with Gasteiger partial charge in [-0.25, -0.2) is 9.37 Å². The molecule has 1 aromatic heterocycles. The summed E-state index contributed by atoms with van der Waals surface area (Å²) < 4.78 is 56.3. The number of nitrogens with zero attached hydrogens (tertiary/aromatic N) is 3. The van der Waals surface area contributed by atoms with E-state index >= 15 is 0 Å². The molecule has 1 unspecified atom stereocenters. The Bertz CT molecular complexity index is 1190. The van der Waals surface area contributed by atoms with E-state index < -0.39 is 36.6 Å². The number of carbonyl (C=O) groups excluding carboxylic acids is 1. The number of halogens is 4. The molecule has 2 N–H and O–H groups in total. The Morgan fingerprint density at radius 1 is 1.30 bits per heavy atom. The van der Waals surface area contributed by atoms with Gasteiger partial charge in [0.05, 0.1) is 24.0 Å². The summed E-state index contributed by atoms with van der Waals surface area (Å²) in [6.07, 6.45) is -4.68. The number of imidazole rings is 1. The number of benzene rings is 2. The fourth-order valence-corrected chi connectivity index (χ4v) is 3.60. The molecule has 0 saturated carbocycles. The van der Waals surface area contributed by atoms with Gasteiger partial charge in [0.2, 0.25) is 0 Å². The van der Waals surface area contributed by atoms with Crippen molar-refractivity contribution in [1.82, 2.24) is 14.5 Å². The predicted octanol–water partition coefficient (Wildman–Crippen LogP) is 3.61. The van der Waals surface area contributed by atoms with E-state index in [2.05, 4.69) is 16.3 Å². The molecule has 0 spiro atoms. The molecule has 2 aromatic carbocycles. The number of aliphatic hydroxyl groups excluding tert-OH is 2. The topological polar surface area (TPSA) is 87.8 Å². The first-order chi connectivity index (χ1) is 15.4. The first kappa shape index (κ1) is 24.2. The van der Waals surface area contributed by atoms with E-state index in [0.717, 1.165) is 17.0 Å². The lowest BCUT2D eigenvalue weighted by molar-refractivity contribution is -0.274. The molecular formula is C22H21F4N3O4. The second-order valence-corrected chi connectivity index (χ2v) is 7.39. The molecule has 0 bridgehead atoms. The molecule has 0 aliphatic carbocycles. The molecule has 11 heteroatoms. The Hall–Kier alpha value is -3.44. The fraction of sp³-hybridized carbons (Fsp3) is 0.273. The molecule has 0 fully saturated rings. The van der Waals surface area contributed by atoms with Crippen LogP contribution in [0.2, 0.25) is 0 Å². The number of aryl methyl sites for hydroxylation is 1. The molecule has 0 radical (unpaired) electrons. The van der Waals surface area contributed by atoms with Crippen molar-refractivity contribution in [3.8, 4) is 16.9 Å². The van der Waals surface area contributed by atoms with Gasteiger partial charge >= 0.3 is 6.36 Å². The van der Waals surface area contributed by atoms with Crippen LogP contribution in [0.4, 0.5) is 17.6 Å². The highest BCUT2D eigenvalue weighted by molar-refractivity contribution is 5.96. The minimum absolute atomic E-state index is 0.141.